The predicted molar refractivity (Wildman–Crippen MR) is 82.6 cm³/mol. The van der Waals surface area contributed by atoms with Crippen LogP contribution < -0.4 is 4.90 Å². The average molecular weight is 285 g/mol. The molecule has 3 atom stereocenters. The Hall–Kier alpha value is -1.37. The summed E-state index contributed by atoms with van der Waals surface area (Å²) in [6.07, 6.45) is 9.83. The van der Waals surface area contributed by atoms with Crippen molar-refractivity contribution in [1.29, 1.82) is 0 Å². The van der Waals surface area contributed by atoms with Gasteiger partial charge < -0.3 is 10.0 Å². The fraction of sp³-hybridized carbons (Fsp3) is 0.611. The number of piperidine rings is 1. The van der Waals surface area contributed by atoms with E-state index in [2.05, 4.69) is 22.9 Å². The molecule has 3 rings (SSSR count). The molecule has 0 radical (unpaired) electrons. The third kappa shape index (κ3) is 3.64. The van der Waals surface area contributed by atoms with Crippen LogP contribution in [0.2, 0.25) is 0 Å². The van der Waals surface area contributed by atoms with E-state index < -0.39 is 5.60 Å². The molecule has 1 saturated carbocycles. The van der Waals surface area contributed by atoms with E-state index in [-0.39, 0.29) is 0 Å². The third-order valence-electron chi connectivity index (χ3n) is 4.85. The summed E-state index contributed by atoms with van der Waals surface area (Å²) in [5, 5.41) is 10.3. The minimum absolute atomic E-state index is 0.399. The van der Waals surface area contributed by atoms with Gasteiger partial charge in [-0.1, -0.05) is 12.0 Å². The summed E-state index contributed by atoms with van der Waals surface area (Å²) in [5.74, 6) is 6.77. The molecule has 2 fully saturated rings. The first-order valence-corrected chi connectivity index (χ1v) is 8.14. The van der Waals surface area contributed by atoms with Gasteiger partial charge in [0.15, 0.2) is 0 Å². The Morgan fingerprint density at radius 1 is 1.38 bits per heavy atom. The van der Waals surface area contributed by atoms with E-state index in [9.17, 15) is 5.11 Å². The summed E-state index contributed by atoms with van der Waals surface area (Å²) >= 11 is 0. The molecule has 2 heterocycles. The number of aliphatic hydroxyl groups is 1. The fourth-order valence-electron chi connectivity index (χ4n) is 3.36. The van der Waals surface area contributed by atoms with Gasteiger partial charge in [-0.25, -0.2) is 0 Å². The minimum atomic E-state index is -0.779. The second-order valence-corrected chi connectivity index (χ2v) is 6.64. The van der Waals surface area contributed by atoms with E-state index in [1.165, 1.54) is 36.3 Å². The molecule has 2 aliphatic rings. The normalized spacial score (nSPS) is 28.3. The van der Waals surface area contributed by atoms with Crippen molar-refractivity contribution in [2.75, 3.05) is 13.1 Å². The zero-order valence-corrected chi connectivity index (χ0v) is 12.8. The predicted octanol–water partition coefficient (Wildman–Crippen LogP) is 1.36. The van der Waals surface area contributed by atoms with Gasteiger partial charge in [-0.3, -0.25) is 4.98 Å². The molecule has 0 aromatic carbocycles. The number of hydrogen-bond donors (Lipinski definition) is 2. The zero-order chi connectivity index (χ0) is 14.7. The van der Waals surface area contributed by atoms with Crippen LogP contribution in [0.1, 0.15) is 50.6 Å². The summed E-state index contributed by atoms with van der Waals surface area (Å²) in [7, 11) is 0. The second kappa shape index (κ2) is 6.17. The third-order valence-corrected chi connectivity index (χ3v) is 4.85. The molecular formula is C18H25N2O+. The number of likely N-dealkylation sites (tertiary alicyclic amines) is 1. The zero-order valence-electron chi connectivity index (χ0n) is 12.8. The number of nitrogens with one attached hydrogen (secondary N) is 1. The maximum Gasteiger partial charge on any atom is 0.139 e. The average Bonchev–Trinajstić information content (AvgIpc) is 3.34. The van der Waals surface area contributed by atoms with E-state index in [0.29, 0.717) is 12.0 Å². The summed E-state index contributed by atoms with van der Waals surface area (Å²) < 4.78 is 0. The van der Waals surface area contributed by atoms with Crippen LogP contribution in [0.25, 0.3) is 0 Å². The Morgan fingerprint density at radius 3 is 2.95 bits per heavy atom. The lowest BCUT2D eigenvalue weighted by atomic mass is 9.96. The minimum Gasteiger partial charge on any atom is -0.378 e. The van der Waals surface area contributed by atoms with Crippen LogP contribution in [0.3, 0.4) is 0 Å². The Bertz CT molecular complexity index is 525. The number of pyridine rings is 1. The van der Waals surface area contributed by atoms with Crippen molar-refractivity contribution in [1.82, 2.24) is 4.98 Å². The van der Waals surface area contributed by atoms with Crippen molar-refractivity contribution in [2.24, 2.45) is 5.92 Å². The molecule has 21 heavy (non-hydrogen) atoms. The van der Waals surface area contributed by atoms with E-state index >= 15 is 0 Å². The number of quaternary nitrogens is 1. The largest absolute Gasteiger partial charge is 0.378 e. The molecule has 0 bridgehead atoms. The molecule has 1 aliphatic heterocycles. The van der Waals surface area contributed by atoms with Gasteiger partial charge in [0.1, 0.15) is 18.2 Å². The van der Waals surface area contributed by atoms with E-state index in [0.717, 1.165) is 19.4 Å². The lowest BCUT2D eigenvalue weighted by molar-refractivity contribution is -0.930. The molecule has 1 aliphatic carbocycles. The quantitative estimate of drug-likeness (QED) is 0.823. The monoisotopic (exact) mass is 285 g/mol. The molecule has 3 heteroatoms. The van der Waals surface area contributed by atoms with Gasteiger partial charge in [-0.15, -0.1) is 0 Å². The van der Waals surface area contributed by atoms with Gasteiger partial charge in [-0.05, 0) is 50.5 Å². The fourth-order valence-corrected chi connectivity index (χ4v) is 3.36. The Labute approximate surface area is 127 Å². The van der Waals surface area contributed by atoms with Crippen molar-refractivity contribution in [3.05, 3.63) is 30.1 Å². The molecule has 1 saturated heterocycles. The van der Waals surface area contributed by atoms with Crippen molar-refractivity contribution in [3.8, 4) is 11.8 Å². The molecule has 1 aromatic heterocycles. The molecule has 2 N–H and O–H groups in total. The Kier molecular flexibility index (Phi) is 4.28. The first-order chi connectivity index (χ1) is 10.2. The lowest BCUT2D eigenvalue weighted by Crippen LogP contribution is -3.13. The number of rotatable bonds is 3. The van der Waals surface area contributed by atoms with E-state index in [4.69, 9.17) is 0 Å². The first-order valence-electron chi connectivity index (χ1n) is 8.14. The summed E-state index contributed by atoms with van der Waals surface area (Å²) in [5.41, 5.74) is 0.543. The number of nitrogens with zero attached hydrogens (tertiary/aromatic N) is 1. The molecule has 1 aromatic rings. The maximum absolute atomic E-state index is 10.3. The van der Waals surface area contributed by atoms with Gasteiger partial charge in [0, 0.05) is 24.4 Å². The summed E-state index contributed by atoms with van der Waals surface area (Å²) in [6, 6.07) is 4.70. The first kappa shape index (κ1) is 14.6. The van der Waals surface area contributed by atoms with Gasteiger partial charge in [0.2, 0.25) is 0 Å². The standard InChI is InChI=1S/C18H24N2O/c1-18(21,16-8-9-16)10-5-13-20-12-3-2-7-17(20)15-6-4-11-19-14-15/h4,6,11,14,16-17,21H,2-3,7-9,12-13H2,1H3/p+1/t17-,18-/m1/s1. The Balaban J connectivity index is 1.66. The highest BCUT2D eigenvalue weighted by Gasteiger charge is 2.38. The van der Waals surface area contributed by atoms with Gasteiger partial charge in [-0.2, -0.15) is 0 Å². The smallest absolute Gasteiger partial charge is 0.139 e. The molecule has 3 nitrogen and oxygen atoms in total. The number of aromatic nitrogens is 1. The topological polar surface area (TPSA) is 37.6 Å². The molecule has 112 valence electrons. The van der Waals surface area contributed by atoms with Crippen LogP contribution in [-0.4, -0.2) is 28.8 Å². The lowest BCUT2D eigenvalue weighted by Gasteiger charge is -2.31. The van der Waals surface area contributed by atoms with Crippen LogP contribution in [0.4, 0.5) is 0 Å². The van der Waals surface area contributed by atoms with Gasteiger partial charge in [0.05, 0.1) is 6.54 Å². The second-order valence-electron chi connectivity index (χ2n) is 6.64. The van der Waals surface area contributed by atoms with Crippen molar-refractivity contribution < 1.29 is 10.0 Å². The highest BCUT2D eigenvalue weighted by molar-refractivity contribution is 5.17. The molecule has 0 spiro atoms. The summed E-state index contributed by atoms with van der Waals surface area (Å²) in [4.78, 5) is 5.78. The molecule has 0 amide bonds. The van der Waals surface area contributed by atoms with E-state index in [1.807, 2.05) is 25.4 Å². The maximum atomic E-state index is 10.3. The SMILES string of the molecule is C[C@@](O)(C#CC[NH+]1CCCC[C@@H]1c1cccnc1)C1CC1. The highest BCUT2D eigenvalue weighted by Crippen LogP contribution is 2.38. The van der Waals surface area contributed by atoms with Crippen molar-refractivity contribution >= 4 is 0 Å². The Morgan fingerprint density at radius 2 is 2.24 bits per heavy atom. The van der Waals surface area contributed by atoms with Crippen LogP contribution in [0.5, 0.6) is 0 Å². The van der Waals surface area contributed by atoms with Crippen LogP contribution in [0, 0.1) is 17.8 Å². The van der Waals surface area contributed by atoms with Gasteiger partial charge in [0.25, 0.3) is 0 Å². The molecular weight excluding hydrogens is 260 g/mol. The van der Waals surface area contributed by atoms with Crippen LogP contribution in [0.15, 0.2) is 24.5 Å². The number of hydrogen-bond acceptors (Lipinski definition) is 2. The van der Waals surface area contributed by atoms with Gasteiger partial charge >= 0.3 is 0 Å². The summed E-state index contributed by atoms with van der Waals surface area (Å²) in [6.45, 7) is 3.85. The highest BCUT2D eigenvalue weighted by atomic mass is 16.3. The van der Waals surface area contributed by atoms with E-state index in [1.54, 1.807) is 0 Å². The molecule has 1 unspecified atom stereocenters. The van der Waals surface area contributed by atoms with Crippen LogP contribution in [-0.2, 0) is 0 Å². The van der Waals surface area contributed by atoms with Crippen LogP contribution >= 0.6 is 0 Å². The van der Waals surface area contributed by atoms with Crippen molar-refractivity contribution in [3.63, 3.8) is 0 Å². The van der Waals surface area contributed by atoms with Crippen molar-refractivity contribution in [2.45, 2.75) is 50.7 Å².